The van der Waals surface area contributed by atoms with E-state index in [0.29, 0.717) is 54.5 Å². The van der Waals surface area contributed by atoms with Gasteiger partial charge >= 0.3 is 21.1 Å². The second-order valence-corrected chi connectivity index (χ2v) is 13.1. The first-order valence-electron chi connectivity index (χ1n) is 17.2. The van der Waals surface area contributed by atoms with Gasteiger partial charge in [-0.1, -0.05) is 0 Å². The van der Waals surface area contributed by atoms with Gasteiger partial charge in [-0.3, -0.25) is 28.8 Å². The Morgan fingerprint density at radius 1 is 0.661 bits per heavy atom. The van der Waals surface area contributed by atoms with Gasteiger partial charge in [0, 0.05) is 136 Å². The maximum atomic E-state index is 12.6. The summed E-state index contributed by atoms with van der Waals surface area (Å²) in [6.07, 6.45) is 8.54. The van der Waals surface area contributed by atoms with E-state index in [1.54, 1.807) is 83.4 Å². The normalized spacial score (nSPS) is 10.3. The Balaban J connectivity index is 0.00000104. The summed E-state index contributed by atoms with van der Waals surface area (Å²) in [4.78, 5) is 91.0. The number of Topliss-reactive ketones (excluding diaryl/α,β-unsaturated/α-hetero) is 7. The summed E-state index contributed by atoms with van der Waals surface area (Å²) in [5, 5.41) is 3.08. The van der Waals surface area contributed by atoms with E-state index >= 15 is 0 Å². The molecule has 0 bridgehead atoms. The predicted octanol–water partition coefficient (Wildman–Crippen LogP) is 3.66. The van der Waals surface area contributed by atoms with Crippen molar-refractivity contribution < 1.29 is 87.3 Å². The summed E-state index contributed by atoms with van der Waals surface area (Å²) in [5.74, 6) is -0.100. The number of aromatic nitrogens is 6. The molecule has 4 heterocycles. The van der Waals surface area contributed by atoms with Crippen molar-refractivity contribution in [2.24, 2.45) is 28.2 Å². The van der Waals surface area contributed by atoms with E-state index in [1.807, 2.05) is 0 Å². The Hall–Kier alpha value is -3.75. The minimum atomic E-state index is -0.398. The number of carbonyl (C=O) groups is 7. The van der Waals surface area contributed by atoms with Gasteiger partial charge in [-0.05, 0) is 43.7 Å². The molecular weight excluding hydrogens is 965 g/mol. The van der Waals surface area contributed by atoms with Crippen molar-refractivity contribution in [2.45, 2.75) is 58.8 Å². The number of imidazole rings is 2. The van der Waals surface area contributed by atoms with Crippen molar-refractivity contribution in [1.82, 2.24) is 33.6 Å². The summed E-state index contributed by atoms with van der Waals surface area (Å²) >= 11 is 0. The number of nitrogens with one attached hydrogen (secondary N) is 2. The van der Waals surface area contributed by atoms with Crippen LogP contribution in [0, 0.1) is 14.4 Å². The molecule has 56 heavy (non-hydrogen) atoms. The largest absolute Gasteiger partial charge is 2.00 e. The fourth-order valence-corrected chi connectivity index (χ4v) is 5.73. The van der Waals surface area contributed by atoms with E-state index in [4.69, 9.17) is 5.73 Å². The van der Waals surface area contributed by atoms with Crippen LogP contribution in [0.1, 0.15) is 97.8 Å². The summed E-state index contributed by atoms with van der Waals surface area (Å²) < 4.78 is 6.56. The topological polar surface area (TPSA) is 201 Å². The molecule has 0 aliphatic carbocycles. The van der Waals surface area contributed by atoms with E-state index in [-0.39, 0.29) is 140 Å². The van der Waals surface area contributed by atoms with Crippen LogP contribution in [0.25, 0.3) is 5.73 Å². The molecule has 4 aromatic rings. The molecular formula is C39H51N8O7WY-. The van der Waals surface area contributed by atoms with E-state index in [1.165, 1.54) is 13.8 Å². The molecule has 0 saturated heterocycles. The summed E-state index contributed by atoms with van der Waals surface area (Å²) in [5.41, 5.74) is 10.6. The molecule has 0 aromatic carbocycles. The first kappa shape index (κ1) is 52.3. The monoisotopic (exact) mass is 1020 g/mol. The number of hydrogen-bond acceptors (Lipinski definition) is 10. The molecule has 0 aliphatic heterocycles. The average molecular weight is 1020 g/mol. The number of ketones is 7. The zero-order valence-corrected chi connectivity index (χ0v) is 39.0. The molecule has 0 spiro atoms. The zero-order valence-electron chi connectivity index (χ0n) is 33.3. The van der Waals surface area contributed by atoms with Gasteiger partial charge in [-0.25, -0.2) is 4.98 Å². The van der Waals surface area contributed by atoms with Crippen molar-refractivity contribution in [3.63, 3.8) is 0 Å². The van der Waals surface area contributed by atoms with Crippen molar-refractivity contribution in [2.75, 3.05) is 19.6 Å². The molecule has 17 heteroatoms. The molecule has 4 rings (SSSR count). The fourth-order valence-electron chi connectivity index (χ4n) is 5.73. The summed E-state index contributed by atoms with van der Waals surface area (Å²) in [6, 6.07) is 3.43. The number of rotatable bonds is 20. The molecule has 0 aliphatic rings. The van der Waals surface area contributed by atoms with Gasteiger partial charge in [0.2, 0.25) is 0 Å². The molecule has 2 N–H and O–H groups in total. The zero-order chi connectivity index (χ0) is 39.4. The Bertz CT molecular complexity index is 2010. The quantitative estimate of drug-likeness (QED) is 0.0775. The average Bonchev–Trinajstić information content (AvgIpc) is 3.82. The third-order valence-corrected chi connectivity index (χ3v) is 8.24. The van der Waals surface area contributed by atoms with Crippen molar-refractivity contribution in [3.8, 4) is 0 Å². The molecule has 299 valence electrons. The van der Waals surface area contributed by atoms with Crippen molar-refractivity contribution in [1.29, 1.82) is 0 Å². The minimum absolute atomic E-state index is 0. The van der Waals surface area contributed by atoms with Crippen molar-refractivity contribution in [3.05, 3.63) is 103 Å². The molecule has 15 nitrogen and oxygen atoms in total. The SMILES string of the molecule is CC(=O)CCNCCC(=O)Cc1cc(C(=O)Cc2cn(C)c(C(C)=O)n2)n(C)c1.[CH2-]C(=O)c1nc(CC(=O)c2cc(CC(=O)CC[NH-])cn2C)cn1C.[CH3-].[W+2].[Y]. The van der Waals surface area contributed by atoms with Crippen LogP contribution in [0.3, 0.4) is 0 Å². The van der Waals surface area contributed by atoms with Gasteiger partial charge in [0.15, 0.2) is 23.2 Å². The molecule has 0 atom stereocenters. The maximum Gasteiger partial charge on any atom is 2.00 e. The minimum Gasteiger partial charge on any atom is -0.677 e. The first-order chi connectivity index (χ1) is 25.0. The molecule has 4 aromatic heterocycles. The molecule has 0 fully saturated rings. The maximum absolute atomic E-state index is 12.6. The second kappa shape index (κ2) is 24.8. The van der Waals surface area contributed by atoms with Gasteiger partial charge in [-0.15, -0.1) is 6.54 Å². The predicted molar refractivity (Wildman–Crippen MR) is 203 cm³/mol. The van der Waals surface area contributed by atoms with Crippen LogP contribution in [0.15, 0.2) is 36.9 Å². The number of hydrogen-bond donors (Lipinski definition) is 1. The Morgan fingerprint density at radius 3 is 1.48 bits per heavy atom. The number of carbonyl (C=O) groups excluding carboxylic acids is 7. The van der Waals surface area contributed by atoms with Crippen molar-refractivity contribution >= 4 is 40.5 Å². The van der Waals surface area contributed by atoms with E-state index < -0.39 is 5.78 Å². The van der Waals surface area contributed by atoms with E-state index in [2.05, 4.69) is 22.2 Å². The van der Waals surface area contributed by atoms with E-state index in [0.717, 1.165) is 11.1 Å². The summed E-state index contributed by atoms with van der Waals surface area (Å²) in [6.45, 7) is 7.48. The van der Waals surface area contributed by atoms with Crippen LogP contribution in [-0.2, 0) is 122 Å². The van der Waals surface area contributed by atoms with Crippen LogP contribution >= 0.6 is 0 Å². The molecule has 0 amide bonds. The molecule has 1 radical (unpaired) electrons. The summed E-state index contributed by atoms with van der Waals surface area (Å²) in [7, 11) is 6.91. The standard InChI is InChI=1S/C21H28N4O4.C17H20N4O3.CH3.W.Y/c1-14(26)5-7-22-8-6-18(28)9-16-10-19(24(3)12-16)20(29)11-17-13-25(4)21(23-17)15(2)27;1-11(22)17-19-13(10-21(17)3)8-16(24)15-7-12(9-20(15)2)6-14(23)4-5-18;;;/h10,12-13,22H,5-9,11H2,1-4H3;7,9-10,18H,1,4-6,8H2,2-3H3;1H3;;/q;-2;-1;+2;. The van der Waals surface area contributed by atoms with Crippen LogP contribution in [-0.4, -0.2) is 88.4 Å². The van der Waals surface area contributed by atoms with Crippen LogP contribution < -0.4 is 5.32 Å². The Kier molecular flexibility index (Phi) is 23.1. The van der Waals surface area contributed by atoms with Gasteiger partial charge in [0.1, 0.15) is 17.3 Å². The molecule has 0 saturated carbocycles. The Morgan fingerprint density at radius 2 is 1.09 bits per heavy atom. The Labute approximate surface area is 368 Å². The van der Waals surface area contributed by atoms with Gasteiger partial charge in [0.05, 0.1) is 35.7 Å². The van der Waals surface area contributed by atoms with Crippen LogP contribution in [0.4, 0.5) is 0 Å². The number of nitrogens with zero attached hydrogens (tertiary/aromatic N) is 6. The number of aryl methyl sites for hydroxylation is 4. The second-order valence-electron chi connectivity index (χ2n) is 13.1. The third-order valence-electron chi connectivity index (χ3n) is 8.24. The third kappa shape index (κ3) is 16.0. The first-order valence-corrected chi connectivity index (χ1v) is 17.2. The van der Waals surface area contributed by atoms with Gasteiger partial charge < -0.3 is 46.5 Å². The van der Waals surface area contributed by atoms with Crippen LogP contribution in [0.2, 0.25) is 0 Å². The van der Waals surface area contributed by atoms with Gasteiger partial charge in [-0.2, -0.15) is 6.92 Å². The molecule has 0 unspecified atom stereocenters. The van der Waals surface area contributed by atoms with Gasteiger partial charge in [0.25, 0.3) is 0 Å². The van der Waals surface area contributed by atoms with Crippen LogP contribution in [0.5, 0.6) is 0 Å². The smallest absolute Gasteiger partial charge is 0.677 e. The van der Waals surface area contributed by atoms with E-state index in [9.17, 15) is 33.6 Å². The fraction of sp³-hybridized carbons (Fsp3) is 0.410.